The van der Waals surface area contributed by atoms with Gasteiger partial charge in [-0.05, 0) is 19.3 Å². The zero-order valence-electron chi connectivity index (χ0n) is 10.3. The van der Waals surface area contributed by atoms with E-state index in [4.69, 9.17) is 4.74 Å². The van der Waals surface area contributed by atoms with Crippen LogP contribution in [0.4, 0.5) is 0 Å². The summed E-state index contributed by atoms with van der Waals surface area (Å²) in [5.74, 6) is 0.0129. The Morgan fingerprint density at radius 3 is 3.06 bits per heavy atom. The normalized spacial score (nSPS) is 29.9. The van der Waals surface area contributed by atoms with Gasteiger partial charge >= 0.3 is 0 Å². The topological polar surface area (TPSA) is 58.6 Å². The van der Waals surface area contributed by atoms with Crippen molar-refractivity contribution < 1.29 is 14.3 Å². The van der Waals surface area contributed by atoms with E-state index < -0.39 is 0 Å². The van der Waals surface area contributed by atoms with Crippen molar-refractivity contribution in [2.45, 2.75) is 32.2 Å². The van der Waals surface area contributed by atoms with Crippen LogP contribution in [0, 0.1) is 5.92 Å². The first-order valence-corrected chi connectivity index (χ1v) is 6.40. The second kappa shape index (κ2) is 5.49. The van der Waals surface area contributed by atoms with Gasteiger partial charge in [0.2, 0.25) is 11.8 Å². The number of piperazine rings is 1. The molecule has 0 aromatic rings. The van der Waals surface area contributed by atoms with E-state index in [1.165, 1.54) is 0 Å². The third-order valence-corrected chi connectivity index (χ3v) is 3.51. The van der Waals surface area contributed by atoms with Crippen molar-refractivity contribution in [3.63, 3.8) is 0 Å². The summed E-state index contributed by atoms with van der Waals surface area (Å²) in [6, 6.07) is -0.293. The average molecular weight is 240 g/mol. The molecule has 0 aliphatic carbocycles. The zero-order valence-corrected chi connectivity index (χ0v) is 10.3. The van der Waals surface area contributed by atoms with E-state index in [1.54, 1.807) is 4.90 Å². The van der Waals surface area contributed by atoms with Gasteiger partial charge in [-0.25, -0.2) is 0 Å². The molecule has 5 heteroatoms. The Balaban J connectivity index is 2.03. The standard InChI is InChI=1S/C12H20N2O3/c1-2-10-11(15)13-5-6-14(10)12(16)9-4-3-7-17-8-9/h9-10H,2-8H2,1H3,(H,13,15). The maximum atomic E-state index is 12.3. The Kier molecular flexibility index (Phi) is 3.99. The fraction of sp³-hybridized carbons (Fsp3) is 0.833. The molecule has 0 radical (unpaired) electrons. The van der Waals surface area contributed by atoms with Crippen LogP contribution in [-0.2, 0) is 14.3 Å². The predicted molar refractivity (Wildman–Crippen MR) is 62.3 cm³/mol. The molecule has 2 rings (SSSR count). The van der Waals surface area contributed by atoms with Crippen LogP contribution in [-0.4, -0.2) is 49.1 Å². The monoisotopic (exact) mass is 240 g/mol. The smallest absolute Gasteiger partial charge is 0.242 e. The Bertz CT molecular complexity index is 300. The molecule has 0 saturated carbocycles. The molecule has 2 aliphatic heterocycles. The lowest BCUT2D eigenvalue weighted by molar-refractivity contribution is -0.149. The molecule has 0 aromatic heterocycles. The molecule has 5 nitrogen and oxygen atoms in total. The number of hydrogen-bond acceptors (Lipinski definition) is 3. The van der Waals surface area contributed by atoms with E-state index in [9.17, 15) is 9.59 Å². The Morgan fingerprint density at radius 2 is 2.41 bits per heavy atom. The minimum Gasteiger partial charge on any atom is -0.381 e. The van der Waals surface area contributed by atoms with Crippen molar-refractivity contribution in [1.82, 2.24) is 10.2 Å². The van der Waals surface area contributed by atoms with Crippen LogP contribution in [0.25, 0.3) is 0 Å². The largest absolute Gasteiger partial charge is 0.381 e. The van der Waals surface area contributed by atoms with Crippen molar-refractivity contribution >= 4 is 11.8 Å². The molecule has 96 valence electrons. The molecule has 2 aliphatic rings. The Morgan fingerprint density at radius 1 is 1.59 bits per heavy atom. The molecule has 1 N–H and O–H groups in total. The molecule has 2 heterocycles. The van der Waals surface area contributed by atoms with Crippen LogP contribution < -0.4 is 5.32 Å². The summed E-state index contributed by atoms with van der Waals surface area (Å²) >= 11 is 0. The molecule has 2 unspecified atom stereocenters. The van der Waals surface area contributed by atoms with E-state index in [2.05, 4.69) is 5.32 Å². The summed E-state index contributed by atoms with van der Waals surface area (Å²) in [5, 5.41) is 2.81. The SMILES string of the molecule is CCC1C(=O)NCCN1C(=O)C1CCCOC1. The number of hydrogen-bond donors (Lipinski definition) is 1. The van der Waals surface area contributed by atoms with Gasteiger partial charge in [0.05, 0.1) is 12.5 Å². The maximum absolute atomic E-state index is 12.3. The van der Waals surface area contributed by atoms with E-state index in [0.717, 1.165) is 19.4 Å². The summed E-state index contributed by atoms with van der Waals surface area (Å²) in [4.78, 5) is 25.8. The van der Waals surface area contributed by atoms with Crippen LogP contribution >= 0.6 is 0 Å². The fourth-order valence-corrected chi connectivity index (χ4v) is 2.55. The van der Waals surface area contributed by atoms with Gasteiger partial charge in [-0.15, -0.1) is 0 Å². The summed E-state index contributed by atoms with van der Waals surface area (Å²) in [5.41, 5.74) is 0. The van der Waals surface area contributed by atoms with Crippen LogP contribution in [0.1, 0.15) is 26.2 Å². The molecule has 0 spiro atoms. The number of carbonyl (C=O) groups excluding carboxylic acids is 2. The molecule has 2 amide bonds. The number of nitrogens with zero attached hydrogens (tertiary/aromatic N) is 1. The number of nitrogens with one attached hydrogen (secondary N) is 1. The van der Waals surface area contributed by atoms with Crippen LogP contribution in [0.2, 0.25) is 0 Å². The van der Waals surface area contributed by atoms with E-state index in [-0.39, 0.29) is 23.8 Å². The van der Waals surface area contributed by atoms with Gasteiger partial charge in [0.15, 0.2) is 0 Å². The van der Waals surface area contributed by atoms with Crippen molar-refractivity contribution in [2.75, 3.05) is 26.3 Å². The van der Waals surface area contributed by atoms with E-state index >= 15 is 0 Å². The number of ether oxygens (including phenoxy) is 1. The van der Waals surface area contributed by atoms with E-state index in [0.29, 0.717) is 26.1 Å². The molecule has 2 saturated heterocycles. The summed E-state index contributed by atoms with van der Waals surface area (Å²) in [6.07, 6.45) is 2.49. The van der Waals surface area contributed by atoms with Crippen LogP contribution in [0.5, 0.6) is 0 Å². The second-order valence-corrected chi connectivity index (χ2v) is 4.66. The Hall–Kier alpha value is -1.10. The van der Waals surface area contributed by atoms with Gasteiger partial charge in [0.25, 0.3) is 0 Å². The van der Waals surface area contributed by atoms with Crippen LogP contribution in [0.15, 0.2) is 0 Å². The third kappa shape index (κ3) is 2.60. The fourth-order valence-electron chi connectivity index (χ4n) is 2.55. The molecule has 0 aromatic carbocycles. The molecule has 17 heavy (non-hydrogen) atoms. The minimum absolute atomic E-state index is 0.0242. The lowest BCUT2D eigenvalue weighted by Gasteiger charge is -2.37. The van der Waals surface area contributed by atoms with Gasteiger partial charge in [-0.2, -0.15) is 0 Å². The number of rotatable bonds is 2. The maximum Gasteiger partial charge on any atom is 0.242 e. The minimum atomic E-state index is -0.293. The summed E-state index contributed by atoms with van der Waals surface area (Å²) in [7, 11) is 0. The highest BCUT2D eigenvalue weighted by Gasteiger charge is 2.35. The second-order valence-electron chi connectivity index (χ2n) is 4.66. The quantitative estimate of drug-likeness (QED) is 0.747. The molecule has 2 fully saturated rings. The average Bonchev–Trinajstić information content (AvgIpc) is 2.38. The Labute approximate surface area is 101 Å². The van der Waals surface area contributed by atoms with Gasteiger partial charge < -0.3 is 15.0 Å². The lowest BCUT2D eigenvalue weighted by Crippen LogP contribution is -2.58. The molecular weight excluding hydrogens is 220 g/mol. The summed E-state index contributed by atoms with van der Waals surface area (Å²) in [6.45, 7) is 4.39. The van der Waals surface area contributed by atoms with Crippen molar-refractivity contribution in [3.8, 4) is 0 Å². The first-order chi connectivity index (χ1) is 8.24. The highest BCUT2D eigenvalue weighted by Crippen LogP contribution is 2.19. The van der Waals surface area contributed by atoms with Gasteiger partial charge in [0, 0.05) is 19.7 Å². The first-order valence-electron chi connectivity index (χ1n) is 6.40. The highest BCUT2D eigenvalue weighted by atomic mass is 16.5. The van der Waals surface area contributed by atoms with Gasteiger partial charge in [-0.1, -0.05) is 6.92 Å². The third-order valence-electron chi connectivity index (χ3n) is 3.51. The summed E-state index contributed by atoms with van der Waals surface area (Å²) < 4.78 is 5.34. The van der Waals surface area contributed by atoms with Gasteiger partial charge in [0.1, 0.15) is 6.04 Å². The van der Waals surface area contributed by atoms with Gasteiger partial charge in [-0.3, -0.25) is 9.59 Å². The number of carbonyl (C=O) groups is 2. The predicted octanol–water partition coefficient (Wildman–Crippen LogP) is 0.150. The lowest BCUT2D eigenvalue weighted by atomic mass is 9.98. The van der Waals surface area contributed by atoms with Crippen molar-refractivity contribution in [3.05, 3.63) is 0 Å². The number of amides is 2. The van der Waals surface area contributed by atoms with E-state index in [1.807, 2.05) is 6.92 Å². The van der Waals surface area contributed by atoms with Crippen molar-refractivity contribution in [2.24, 2.45) is 5.92 Å². The zero-order chi connectivity index (χ0) is 12.3. The molecular formula is C12H20N2O3. The van der Waals surface area contributed by atoms with Crippen molar-refractivity contribution in [1.29, 1.82) is 0 Å². The molecule has 2 atom stereocenters. The van der Waals surface area contributed by atoms with Crippen LogP contribution in [0.3, 0.4) is 0 Å². The highest BCUT2D eigenvalue weighted by molar-refractivity contribution is 5.89. The molecule has 0 bridgehead atoms. The first kappa shape index (κ1) is 12.4.